The van der Waals surface area contributed by atoms with Crippen LogP contribution in [0.4, 0.5) is 5.82 Å². The fourth-order valence-electron chi connectivity index (χ4n) is 1.72. The molecule has 15 heavy (non-hydrogen) atoms. The molecule has 0 aliphatic rings. The molecule has 0 aliphatic heterocycles. The molecule has 0 radical (unpaired) electrons. The van der Waals surface area contributed by atoms with Crippen LogP contribution in [-0.4, -0.2) is 19.1 Å². The van der Waals surface area contributed by atoms with Crippen molar-refractivity contribution in [1.29, 1.82) is 0 Å². The number of rotatable bonds is 3. The van der Waals surface area contributed by atoms with Crippen molar-refractivity contribution in [2.45, 2.75) is 6.54 Å². The summed E-state index contributed by atoms with van der Waals surface area (Å²) < 4.78 is 0. The average molecular weight is 201 g/mol. The van der Waals surface area contributed by atoms with Gasteiger partial charge in [-0.05, 0) is 18.5 Å². The summed E-state index contributed by atoms with van der Waals surface area (Å²) in [6.07, 6.45) is 0. The highest BCUT2D eigenvalue weighted by molar-refractivity contribution is 5.92. The van der Waals surface area contributed by atoms with Gasteiger partial charge in [-0.15, -0.1) is 0 Å². The molecule has 0 saturated heterocycles. The van der Waals surface area contributed by atoms with E-state index in [9.17, 15) is 0 Å². The number of anilines is 1. The van der Waals surface area contributed by atoms with Crippen LogP contribution in [0, 0.1) is 0 Å². The number of hydrogen-bond acceptors (Lipinski definition) is 3. The van der Waals surface area contributed by atoms with Crippen LogP contribution in [0.15, 0.2) is 30.3 Å². The SMILES string of the molecule is CNCc1cc2ccccc2c(NC)n1. The first-order valence-corrected chi connectivity index (χ1v) is 5.06. The van der Waals surface area contributed by atoms with Crippen molar-refractivity contribution in [3.63, 3.8) is 0 Å². The summed E-state index contributed by atoms with van der Waals surface area (Å²) in [6.45, 7) is 0.791. The molecule has 0 saturated carbocycles. The van der Waals surface area contributed by atoms with Crippen LogP contribution >= 0.6 is 0 Å². The van der Waals surface area contributed by atoms with E-state index in [2.05, 4.69) is 33.8 Å². The maximum atomic E-state index is 4.54. The van der Waals surface area contributed by atoms with Gasteiger partial charge in [0.15, 0.2) is 0 Å². The first-order valence-electron chi connectivity index (χ1n) is 5.06. The van der Waals surface area contributed by atoms with E-state index < -0.39 is 0 Å². The molecule has 2 rings (SSSR count). The largest absolute Gasteiger partial charge is 0.373 e. The predicted molar refractivity (Wildman–Crippen MR) is 64.1 cm³/mol. The molecule has 0 spiro atoms. The number of pyridine rings is 1. The van der Waals surface area contributed by atoms with E-state index in [0.717, 1.165) is 18.1 Å². The van der Waals surface area contributed by atoms with Gasteiger partial charge >= 0.3 is 0 Å². The van der Waals surface area contributed by atoms with Crippen LogP contribution in [0.3, 0.4) is 0 Å². The minimum absolute atomic E-state index is 0.791. The third-order valence-electron chi connectivity index (χ3n) is 2.39. The number of hydrogen-bond donors (Lipinski definition) is 2. The van der Waals surface area contributed by atoms with Crippen LogP contribution in [0.5, 0.6) is 0 Å². The van der Waals surface area contributed by atoms with Gasteiger partial charge in [-0.2, -0.15) is 0 Å². The molecule has 1 aromatic heterocycles. The first-order chi connectivity index (χ1) is 7.35. The van der Waals surface area contributed by atoms with Crippen molar-refractivity contribution in [3.8, 4) is 0 Å². The number of nitrogens with zero attached hydrogens (tertiary/aromatic N) is 1. The first kappa shape index (κ1) is 9.93. The second-order valence-corrected chi connectivity index (χ2v) is 3.46. The zero-order valence-electron chi connectivity index (χ0n) is 9.04. The summed E-state index contributed by atoms with van der Waals surface area (Å²) in [5.41, 5.74) is 1.06. The molecule has 1 heterocycles. The van der Waals surface area contributed by atoms with Crippen molar-refractivity contribution in [3.05, 3.63) is 36.0 Å². The summed E-state index contributed by atoms with van der Waals surface area (Å²) >= 11 is 0. The fourth-order valence-corrected chi connectivity index (χ4v) is 1.72. The maximum Gasteiger partial charge on any atom is 0.133 e. The van der Waals surface area contributed by atoms with Gasteiger partial charge in [0.05, 0.1) is 5.69 Å². The van der Waals surface area contributed by atoms with Crippen molar-refractivity contribution >= 4 is 16.6 Å². The molecule has 0 aliphatic carbocycles. The Balaban J connectivity index is 2.60. The molecule has 2 aromatic rings. The molecule has 0 fully saturated rings. The third kappa shape index (κ3) is 1.92. The number of nitrogens with one attached hydrogen (secondary N) is 2. The Morgan fingerprint density at radius 2 is 2.00 bits per heavy atom. The normalized spacial score (nSPS) is 10.5. The van der Waals surface area contributed by atoms with Crippen LogP contribution < -0.4 is 10.6 Å². The highest BCUT2D eigenvalue weighted by Gasteiger charge is 2.03. The summed E-state index contributed by atoms with van der Waals surface area (Å²) in [5.74, 6) is 0.943. The average Bonchev–Trinajstić information content (AvgIpc) is 2.28. The van der Waals surface area contributed by atoms with Gasteiger partial charge in [-0.3, -0.25) is 0 Å². The van der Waals surface area contributed by atoms with E-state index in [1.54, 1.807) is 0 Å². The molecule has 0 amide bonds. The fraction of sp³-hybridized carbons (Fsp3) is 0.250. The van der Waals surface area contributed by atoms with Crippen LogP contribution in [-0.2, 0) is 6.54 Å². The highest BCUT2D eigenvalue weighted by Crippen LogP contribution is 2.21. The number of benzene rings is 1. The Morgan fingerprint density at radius 1 is 1.20 bits per heavy atom. The van der Waals surface area contributed by atoms with Crippen molar-refractivity contribution in [2.24, 2.45) is 0 Å². The second-order valence-electron chi connectivity index (χ2n) is 3.46. The quantitative estimate of drug-likeness (QED) is 0.797. The minimum atomic E-state index is 0.791. The Bertz CT molecular complexity index is 465. The lowest BCUT2D eigenvalue weighted by Gasteiger charge is -2.08. The van der Waals surface area contributed by atoms with Crippen molar-refractivity contribution in [2.75, 3.05) is 19.4 Å². The highest BCUT2D eigenvalue weighted by atomic mass is 15.0. The molecule has 3 heteroatoms. The summed E-state index contributed by atoms with van der Waals surface area (Å²) in [5, 5.41) is 8.63. The van der Waals surface area contributed by atoms with E-state index in [4.69, 9.17) is 0 Å². The Morgan fingerprint density at radius 3 is 2.73 bits per heavy atom. The van der Waals surface area contributed by atoms with E-state index in [0.29, 0.717) is 0 Å². The Kier molecular flexibility index (Phi) is 2.83. The maximum absolute atomic E-state index is 4.54. The van der Waals surface area contributed by atoms with Gasteiger partial charge < -0.3 is 10.6 Å². The van der Waals surface area contributed by atoms with E-state index in [1.807, 2.05) is 26.2 Å². The molecule has 0 bridgehead atoms. The molecular formula is C12H15N3. The third-order valence-corrected chi connectivity index (χ3v) is 2.39. The monoisotopic (exact) mass is 201 g/mol. The summed E-state index contributed by atoms with van der Waals surface area (Å²) in [7, 11) is 3.83. The van der Waals surface area contributed by atoms with Crippen molar-refractivity contribution < 1.29 is 0 Å². The van der Waals surface area contributed by atoms with Crippen LogP contribution in [0.25, 0.3) is 10.8 Å². The van der Waals surface area contributed by atoms with Gasteiger partial charge in [0.2, 0.25) is 0 Å². The zero-order valence-corrected chi connectivity index (χ0v) is 9.04. The number of fused-ring (bicyclic) bond motifs is 1. The van der Waals surface area contributed by atoms with E-state index in [1.165, 1.54) is 10.8 Å². The zero-order chi connectivity index (χ0) is 10.7. The topological polar surface area (TPSA) is 37.0 Å². The second kappa shape index (κ2) is 4.28. The lowest BCUT2D eigenvalue weighted by Crippen LogP contribution is -2.08. The van der Waals surface area contributed by atoms with Gasteiger partial charge in [0.25, 0.3) is 0 Å². The van der Waals surface area contributed by atoms with Gasteiger partial charge in [-0.25, -0.2) is 4.98 Å². The molecule has 0 unspecified atom stereocenters. The lowest BCUT2D eigenvalue weighted by molar-refractivity contribution is 0.794. The molecule has 1 aromatic carbocycles. The molecule has 0 atom stereocenters. The molecule has 78 valence electrons. The summed E-state index contributed by atoms with van der Waals surface area (Å²) in [6, 6.07) is 10.4. The van der Waals surface area contributed by atoms with E-state index >= 15 is 0 Å². The van der Waals surface area contributed by atoms with Crippen molar-refractivity contribution in [1.82, 2.24) is 10.3 Å². The van der Waals surface area contributed by atoms with Gasteiger partial charge in [0.1, 0.15) is 5.82 Å². The summed E-state index contributed by atoms with van der Waals surface area (Å²) in [4.78, 5) is 4.54. The van der Waals surface area contributed by atoms with Crippen LogP contribution in [0.2, 0.25) is 0 Å². The molecule has 2 N–H and O–H groups in total. The predicted octanol–water partition coefficient (Wildman–Crippen LogP) is 2.00. The Hall–Kier alpha value is -1.61. The van der Waals surface area contributed by atoms with Gasteiger partial charge in [-0.1, -0.05) is 24.3 Å². The van der Waals surface area contributed by atoms with Crippen LogP contribution in [0.1, 0.15) is 5.69 Å². The molecule has 3 nitrogen and oxygen atoms in total. The Labute approximate surface area is 89.5 Å². The minimum Gasteiger partial charge on any atom is -0.373 e. The van der Waals surface area contributed by atoms with Gasteiger partial charge in [0, 0.05) is 19.0 Å². The smallest absolute Gasteiger partial charge is 0.133 e. The number of aromatic nitrogens is 1. The van der Waals surface area contributed by atoms with E-state index in [-0.39, 0.29) is 0 Å². The molecular weight excluding hydrogens is 186 g/mol. The lowest BCUT2D eigenvalue weighted by atomic mass is 10.1. The standard InChI is InChI=1S/C12H15N3/c1-13-8-10-7-9-5-3-4-6-11(9)12(14-2)15-10/h3-7,13H,8H2,1-2H3,(H,14,15).